The zero-order chi connectivity index (χ0) is 56.5. The molecule has 0 atom stereocenters. The van der Waals surface area contributed by atoms with Gasteiger partial charge in [0.2, 0.25) is 0 Å². The summed E-state index contributed by atoms with van der Waals surface area (Å²) in [6, 6.07) is 21.0. The van der Waals surface area contributed by atoms with Crippen molar-refractivity contribution in [3.05, 3.63) is 177 Å². The third-order valence-electron chi connectivity index (χ3n) is 12.8. The predicted molar refractivity (Wildman–Crippen MR) is 290 cm³/mol. The van der Waals surface area contributed by atoms with E-state index < -0.39 is 23.3 Å². The van der Waals surface area contributed by atoms with Gasteiger partial charge >= 0.3 is 18.1 Å². The summed E-state index contributed by atoms with van der Waals surface area (Å²) in [5.41, 5.74) is 24.6. The maximum absolute atomic E-state index is 14.0. The summed E-state index contributed by atoms with van der Waals surface area (Å²) in [7, 11) is 3.68. The van der Waals surface area contributed by atoms with Gasteiger partial charge in [0.25, 0.3) is 0 Å². The fourth-order valence-electron chi connectivity index (χ4n) is 8.95. The molecule has 6 aromatic heterocycles. The second-order valence-electron chi connectivity index (χ2n) is 18.6. The van der Waals surface area contributed by atoms with E-state index in [1.165, 1.54) is 42.5 Å². The van der Waals surface area contributed by atoms with Crippen molar-refractivity contribution in [1.29, 1.82) is 0 Å². The maximum Gasteiger partial charge on any atom is 0.323 e. The molecule has 0 saturated heterocycles. The van der Waals surface area contributed by atoms with E-state index >= 15 is 0 Å². The van der Waals surface area contributed by atoms with E-state index in [1.54, 1.807) is 65.7 Å². The van der Waals surface area contributed by atoms with Crippen molar-refractivity contribution in [3.63, 3.8) is 0 Å². The molecule has 0 saturated carbocycles. The van der Waals surface area contributed by atoms with Crippen LogP contribution in [0.4, 0.5) is 70.9 Å². The quantitative estimate of drug-likeness (QED) is 0.0851. The molecule has 3 aliphatic rings. The average Bonchev–Trinajstić information content (AvgIpc) is 4.29. The van der Waals surface area contributed by atoms with Crippen LogP contribution in [0.1, 0.15) is 38.1 Å². The Morgan fingerprint density at radius 1 is 0.487 bits per heavy atom. The number of amides is 6. The molecule has 0 bridgehead atoms. The molecule has 0 radical (unpaired) electrons. The van der Waals surface area contributed by atoms with E-state index in [4.69, 9.17) is 17.2 Å². The minimum absolute atomic E-state index is 0.116. The Morgan fingerprint density at radius 2 is 0.887 bits per heavy atom. The Balaban J connectivity index is 0.000000135. The monoisotopic (exact) mass is 1110 g/mol. The topological polar surface area (TPSA) is 262 Å². The fourth-order valence-corrected chi connectivity index (χ4v) is 9.91. The van der Waals surface area contributed by atoms with Gasteiger partial charge in [-0.1, -0.05) is 12.1 Å². The van der Waals surface area contributed by atoms with Gasteiger partial charge in [0, 0.05) is 71.3 Å². The van der Waals surface area contributed by atoms with E-state index in [9.17, 15) is 36.3 Å². The smallest absolute Gasteiger partial charge is 0.323 e. The van der Waals surface area contributed by atoms with Gasteiger partial charge in [-0.15, -0.1) is 11.3 Å². The number of halogens is 5. The van der Waals surface area contributed by atoms with Crippen molar-refractivity contribution < 1.29 is 36.3 Å². The third-order valence-corrected chi connectivity index (χ3v) is 13.8. The minimum Gasteiger partial charge on any atom is -0.396 e. The van der Waals surface area contributed by atoms with E-state index in [0.717, 1.165) is 62.4 Å². The summed E-state index contributed by atoms with van der Waals surface area (Å²) in [6.45, 7) is 4.53. The Bertz CT molecular complexity index is 3650. The lowest BCUT2D eigenvalue weighted by atomic mass is 10.1. The lowest BCUT2D eigenvalue weighted by Gasteiger charge is -2.17. The number of rotatable bonds is 6. The zero-order valence-corrected chi connectivity index (χ0v) is 43.6. The van der Waals surface area contributed by atoms with Crippen molar-refractivity contribution in [2.75, 3.05) is 33.2 Å². The van der Waals surface area contributed by atoms with Gasteiger partial charge in [-0.05, 0) is 79.7 Å². The molecular weight excluding hydrogens is 1060 g/mol. The van der Waals surface area contributed by atoms with Crippen LogP contribution >= 0.6 is 11.3 Å². The number of carbonyl (C=O) groups is 3. The van der Waals surface area contributed by atoms with E-state index in [-0.39, 0.29) is 75.3 Å². The molecule has 3 aromatic carbocycles. The fraction of sp³-hybridized carbons (Fsp3) is 0.167. The van der Waals surface area contributed by atoms with Crippen molar-refractivity contribution >= 4 is 63.9 Å². The Hall–Kier alpha value is -9.98. The standard InChI is InChI=1S/C18H16F2N6O.C18H15F2N5OS.C18H17FN6O/c1-25-7-10-8-26(9-16(10)24-25)18(27)23-17-14(21)4-5-15(22-17)12-3-2-11(19)6-13(12)20;1-9-22-15-7-25(8-16(15)27-9)18(26)24-17-13(21)4-5-14(23-17)11-3-2-10(19)6-12(11)20;1-24-8-11-9-25(10-16(11)23-24)18(26)22-17-14(20)6-7-15(21-17)12-4-2-3-5-13(12)19/h2-7H,8-9,21H2,1H3,(H,22,23,27);2-6H,7-8,21H2,1H3,(H,23,24,26);2-8H,9-10,20H2,1H3,(H,21,22,26). The number of nitrogens with one attached hydrogen (secondary N) is 3. The van der Waals surface area contributed by atoms with Crippen molar-refractivity contribution in [3.8, 4) is 33.8 Å². The number of nitrogen functional groups attached to an aromatic ring is 3. The molecule has 0 spiro atoms. The van der Waals surface area contributed by atoms with E-state index in [0.29, 0.717) is 56.2 Å². The van der Waals surface area contributed by atoms with Crippen molar-refractivity contribution in [2.45, 2.75) is 46.2 Å². The number of benzene rings is 3. The molecule has 0 unspecified atom stereocenters. The summed E-state index contributed by atoms with van der Waals surface area (Å²) >= 11 is 1.56. The first kappa shape index (κ1) is 53.4. The SMILES string of the molecule is Cc1nc2c(s1)CN(C(=O)Nc1nc(-c3ccc(F)cc3F)ccc1N)C2.Cn1cc2c(n1)CN(C(=O)Nc1nc(-c3ccc(F)cc3F)ccc1N)C2.Cn1cc2c(n1)CN(C(=O)Nc1nc(-c3ccccc3F)ccc1N)C2. The maximum atomic E-state index is 14.0. The number of aromatic nitrogens is 8. The molecule has 80 heavy (non-hydrogen) atoms. The van der Waals surface area contributed by atoms with E-state index in [1.807, 2.05) is 33.4 Å². The van der Waals surface area contributed by atoms with Crippen LogP contribution in [0.25, 0.3) is 33.8 Å². The molecule has 12 rings (SSSR count). The minimum atomic E-state index is -0.744. The normalized spacial score (nSPS) is 12.9. The van der Waals surface area contributed by atoms with Crippen LogP contribution in [0.2, 0.25) is 0 Å². The number of hydrogen-bond acceptors (Lipinski definition) is 13. The van der Waals surface area contributed by atoms with Crippen LogP contribution in [0.5, 0.6) is 0 Å². The van der Waals surface area contributed by atoms with E-state index in [2.05, 4.69) is 46.1 Å². The molecule has 9 heterocycles. The molecule has 26 heteroatoms. The summed E-state index contributed by atoms with van der Waals surface area (Å²) in [5.74, 6) is -2.77. The third kappa shape index (κ3) is 11.6. The summed E-state index contributed by atoms with van der Waals surface area (Å²) in [4.78, 5) is 60.7. The highest BCUT2D eigenvalue weighted by atomic mass is 32.1. The number of aryl methyl sites for hydroxylation is 3. The number of nitrogens with two attached hydrogens (primary N) is 3. The lowest BCUT2D eigenvalue weighted by Crippen LogP contribution is -2.31. The first-order chi connectivity index (χ1) is 38.3. The largest absolute Gasteiger partial charge is 0.396 e. The molecule has 9 aromatic rings. The highest BCUT2D eigenvalue weighted by Crippen LogP contribution is 2.32. The van der Waals surface area contributed by atoms with Crippen LogP contribution in [-0.4, -0.2) is 72.3 Å². The number of carbonyl (C=O) groups excluding carboxylic acids is 3. The summed E-state index contributed by atoms with van der Waals surface area (Å²) in [6.07, 6.45) is 3.77. The van der Waals surface area contributed by atoms with Crippen LogP contribution in [0, 0.1) is 36.0 Å². The van der Waals surface area contributed by atoms with Gasteiger partial charge < -0.3 is 31.9 Å². The van der Waals surface area contributed by atoms with Crippen molar-refractivity contribution in [1.82, 2.24) is 54.2 Å². The Kier molecular flexibility index (Phi) is 14.8. The highest BCUT2D eigenvalue weighted by Gasteiger charge is 2.30. The van der Waals surface area contributed by atoms with Crippen molar-refractivity contribution in [2.24, 2.45) is 14.1 Å². The summed E-state index contributed by atoms with van der Waals surface area (Å²) in [5, 5.41) is 17.6. The predicted octanol–water partition coefficient (Wildman–Crippen LogP) is 9.56. The number of nitrogens with zero attached hydrogens (tertiary/aromatic N) is 11. The summed E-state index contributed by atoms with van der Waals surface area (Å²) < 4.78 is 71.7. The lowest BCUT2D eigenvalue weighted by molar-refractivity contribution is 0.211. The number of hydrogen-bond donors (Lipinski definition) is 6. The number of thiazole rings is 1. The molecule has 0 fully saturated rings. The molecule has 408 valence electrons. The van der Waals surface area contributed by atoms with Gasteiger partial charge in [0.1, 0.15) is 29.1 Å². The van der Waals surface area contributed by atoms with Crippen LogP contribution in [0.15, 0.2) is 109 Å². The Morgan fingerprint density at radius 3 is 1.29 bits per heavy atom. The van der Waals surface area contributed by atoms with Gasteiger partial charge in [-0.3, -0.25) is 25.3 Å². The number of urea groups is 3. The molecule has 0 aliphatic carbocycles. The Labute approximate surface area is 456 Å². The van der Waals surface area contributed by atoms with Crippen LogP contribution in [-0.2, 0) is 53.4 Å². The molecule has 3 aliphatic heterocycles. The molecular formula is C54H48F5N17O3S. The van der Waals surface area contributed by atoms with Crippen LogP contribution in [0.3, 0.4) is 0 Å². The number of fused-ring (bicyclic) bond motifs is 3. The number of pyridine rings is 3. The van der Waals surface area contributed by atoms with Gasteiger partial charge in [-0.25, -0.2) is 56.3 Å². The first-order valence-electron chi connectivity index (χ1n) is 24.4. The molecule has 6 amide bonds. The van der Waals surface area contributed by atoms with Crippen LogP contribution < -0.4 is 33.2 Å². The highest BCUT2D eigenvalue weighted by molar-refractivity contribution is 7.11. The van der Waals surface area contributed by atoms with Gasteiger partial charge in [0.15, 0.2) is 17.5 Å². The molecule has 9 N–H and O–H groups in total. The number of anilines is 6. The second-order valence-corrected chi connectivity index (χ2v) is 19.9. The average molecular weight is 1110 g/mol. The zero-order valence-electron chi connectivity index (χ0n) is 42.8. The first-order valence-corrected chi connectivity index (χ1v) is 25.2. The van der Waals surface area contributed by atoms with Gasteiger partial charge in [0.05, 0.1) is 95.5 Å². The molecule has 20 nitrogen and oxygen atoms in total. The van der Waals surface area contributed by atoms with Gasteiger partial charge in [-0.2, -0.15) is 10.2 Å². The second kappa shape index (κ2) is 22.2.